The largest absolute Gasteiger partial charge is 0.271 e. The van der Waals surface area contributed by atoms with Gasteiger partial charge >= 0.3 is 0 Å². The van der Waals surface area contributed by atoms with Gasteiger partial charge in [0, 0.05) is 17.7 Å². The van der Waals surface area contributed by atoms with E-state index >= 15 is 0 Å². The van der Waals surface area contributed by atoms with Gasteiger partial charge in [0.2, 0.25) is 0 Å². The Morgan fingerprint density at radius 3 is 2.37 bits per heavy atom. The van der Waals surface area contributed by atoms with Gasteiger partial charge in [-0.3, -0.25) is 11.3 Å². The van der Waals surface area contributed by atoms with Crippen molar-refractivity contribution in [3.05, 3.63) is 35.1 Å². The summed E-state index contributed by atoms with van der Waals surface area (Å²) in [5, 5.41) is 0. The van der Waals surface area contributed by atoms with Crippen LogP contribution in [0.1, 0.15) is 44.2 Å². The Labute approximate surface area is 111 Å². The van der Waals surface area contributed by atoms with Gasteiger partial charge in [-0.05, 0) is 24.7 Å². The van der Waals surface area contributed by atoms with Crippen molar-refractivity contribution in [1.82, 2.24) is 5.43 Å². The van der Waals surface area contributed by atoms with E-state index in [2.05, 4.69) is 12.3 Å². The van der Waals surface area contributed by atoms with Gasteiger partial charge in [0.05, 0.1) is 6.04 Å². The minimum atomic E-state index is -0.911. The Hall–Kier alpha value is -1.07. The fourth-order valence-corrected chi connectivity index (χ4v) is 3.09. The minimum absolute atomic E-state index is 0.0724. The first-order valence-corrected chi connectivity index (χ1v) is 6.63. The molecule has 3 N–H and O–H groups in total. The Kier molecular flexibility index (Phi) is 4.47. The second-order valence-electron chi connectivity index (χ2n) is 5.46. The lowest BCUT2D eigenvalue weighted by molar-refractivity contribution is 0.218. The van der Waals surface area contributed by atoms with Crippen LogP contribution in [0.2, 0.25) is 0 Å². The molecule has 1 saturated carbocycles. The molecule has 3 atom stereocenters. The molecule has 1 fully saturated rings. The van der Waals surface area contributed by atoms with Crippen LogP contribution >= 0.6 is 0 Å². The summed E-state index contributed by atoms with van der Waals surface area (Å²) in [6.45, 7) is 2.12. The fourth-order valence-electron chi connectivity index (χ4n) is 3.09. The number of benzene rings is 1. The molecule has 1 aromatic carbocycles. The molecule has 1 aliphatic carbocycles. The highest BCUT2D eigenvalue weighted by Crippen LogP contribution is 2.38. The summed E-state index contributed by atoms with van der Waals surface area (Å²) >= 11 is 0. The maximum atomic E-state index is 13.8. The van der Waals surface area contributed by atoms with Crippen LogP contribution in [0.5, 0.6) is 0 Å². The summed E-state index contributed by atoms with van der Waals surface area (Å²) < 4.78 is 40.6. The first kappa shape index (κ1) is 14.3. The van der Waals surface area contributed by atoms with Gasteiger partial charge in [0.15, 0.2) is 0 Å². The molecule has 1 aliphatic rings. The molecule has 0 saturated heterocycles. The highest BCUT2D eigenvalue weighted by atomic mass is 19.1. The van der Waals surface area contributed by atoms with Crippen molar-refractivity contribution in [2.45, 2.75) is 38.6 Å². The lowest BCUT2D eigenvalue weighted by Gasteiger charge is -2.33. The maximum Gasteiger partial charge on any atom is 0.133 e. The minimum Gasteiger partial charge on any atom is -0.271 e. The van der Waals surface area contributed by atoms with Crippen molar-refractivity contribution in [3.63, 3.8) is 0 Å². The Bertz CT molecular complexity index is 427. The number of halogens is 3. The summed E-state index contributed by atoms with van der Waals surface area (Å²) in [5.41, 5.74) is 2.36. The molecule has 5 heteroatoms. The van der Waals surface area contributed by atoms with Crippen LogP contribution < -0.4 is 11.3 Å². The van der Waals surface area contributed by atoms with E-state index in [1.165, 1.54) is 0 Å². The monoisotopic (exact) mass is 272 g/mol. The molecule has 0 radical (unpaired) electrons. The quantitative estimate of drug-likeness (QED) is 0.653. The van der Waals surface area contributed by atoms with E-state index in [1.807, 2.05) is 0 Å². The zero-order chi connectivity index (χ0) is 14.0. The molecule has 0 spiro atoms. The SMILES string of the molecule is CC1CCCC(C(NN)c2c(F)cc(F)cc2F)C1. The van der Waals surface area contributed by atoms with E-state index in [0.29, 0.717) is 18.1 Å². The third-order valence-electron chi connectivity index (χ3n) is 3.98. The molecular weight excluding hydrogens is 253 g/mol. The molecular formula is C14H19F3N2. The van der Waals surface area contributed by atoms with Crippen molar-refractivity contribution in [2.75, 3.05) is 0 Å². The predicted molar refractivity (Wildman–Crippen MR) is 67.5 cm³/mol. The van der Waals surface area contributed by atoms with E-state index in [1.54, 1.807) is 0 Å². The molecule has 0 aliphatic heterocycles. The van der Waals surface area contributed by atoms with Gasteiger partial charge in [-0.2, -0.15) is 0 Å². The van der Waals surface area contributed by atoms with E-state index in [0.717, 1.165) is 25.7 Å². The average molecular weight is 272 g/mol. The van der Waals surface area contributed by atoms with Crippen LogP contribution in [0.25, 0.3) is 0 Å². The second-order valence-corrected chi connectivity index (χ2v) is 5.46. The number of nitrogens with one attached hydrogen (secondary N) is 1. The van der Waals surface area contributed by atoms with Crippen LogP contribution in [-0.4, -0.2) is 0 Å². The highest BCUT2D eigenvalue weighted by molar-refractivity contribution is 5.25. The zero-order valence-corrected chi connectivity index (χ0v) is 10.9. The van der Waals surface area contributed by atoms with Crippen LogP contribution in [0.4, 0.5) is 13.2 Å². The van der Waals surface area contributed by atoms with Crippen molar-refractivity contribution in [1.29, 1.82) is 0 Å². The van der Waals surface area contributed by atoms with Gasteiger partial charge in [0.25, 0.3) is 0 Å². The number of hydrogen-bond acceptors (Lipinski definition) is 2. The van der Waals surface area contributed by atoms with E-state index in [-0.39, 0.29) is 11.5 Å². The summed E-state index contributed by atoms with van der Waals surface area (Å²) in [6, 6.07) is 0.799. The van der Waals surface area contributed by atoms with Crippen molar-refractivity contribution in [2.24, 2.45) is 17.7 Å². The molecule has 0 aromatic heterocycles. The molecule has 0 bridgehead atoms. The van der Waals surface area contributed by atoms with E-state index in [9.17, 15) is 13.2 Å². The average Bonchev–Trinajstić information content (AvgIpc) is 2.33. The van der Waals surface area contributed by atoms with Crippen LogP contribution in [0.15, 0.2) is 12.1 Å². The van der Waals surface area contributed by atoms with Crippen LogP contribution in [0.3, 0.4) is 0 Å². The van der Waals surface area contributed by atoms with Gasteiger partial charge in [0.1, 0.15) is 17.5 Å². The van der Waals surface area contributed by atoms with E-state index < -0.39 is 23.5 Å². The first-order valence-electron chi connectivity index (χ1n) is 6.63. The standard InChI is InChI=1S/C14H19F3N2/c1-8-3-2-4-9(5-8)14(19-18)13-11(16)6-10(15)7-12(13)17/h6-9,14,19H,2-5,18H2,1H3. The number of rotatable bonds is 3. The molecule has 2 nitrogen and oxygen atoms in total. The molecule has 3 unspecified atom stereocenters. The summed E-state index contributed by atoms with van der Waals surface area (Å²) in [4.78, 5) is 0. The predicted octanol–water partition coefficient (Wildman–Crippen LogP) is 3.43. The molecule has 1 aromatic rings. The molecule has 0 amide bonds. The molecule has 2 rings (SSSR count). The number of nitrogens with two attached hydrogens (primary N) is 1. The number of hydrogen-bond donors (Lipinski definition) is 2. The topological polar surface area (TPSA) is 38.0 Å². The third-order valence-corrected chi connectivity index (χ3v) is 3.98. The van der Waals surface area contributed by atoms with E-state index in [4.69, 9.17) is 5.84 Å². The summed E-state index contributed by atoms with van der Waals surface area (Å²) in [6.07, 6.45) is 3.89. The lowest BCUT2D eigenvalue weighted by Crippen LogP contribution is -2.36. The fraction of sp³-hybridized carbons (Fsp3) is 0.571. The summed E-state index contributed by atoms with van der Waals surface area (Å²) in [5.74, 6) is 3.40. The number of hydrazine groups is 1. The smallest absolute Gasteiger partial charge is 0.133 e. The third kappa shape index (κ3) is 3.09. The zero-order valence-electron chi connectivity index (χ0n) is 10.9. The van der Waals surface area contributed by atoms with Gasteiger partial charge < -0.3 is 0 Å². The van der Waals surface area contributed by atoms with Gasteiger partial charge in [-0.1, -0.05) is 19.8 Å². The highest BCUT2D eigenvalue weighted by Gasteiger charge is 2.31. The Morgan fingerprint density at radius 2 is 1.84 bits per heavy atom. The molecule has 0 heterocycles. The Morgan fingerprint density at radius 1 is 1.21 bits per heavy atom. The molecule has 19 heavy (non-hydrogen) atoms. The maximum absolute atomic E-state index is 13.8. The Balaban J connectivity index is 2.31. The van der Waals surface area contributed by atoms with Gasteiger partial charge in [-0.25, -0.2) is 13.2 Å². The van der Waals surface area contributed by atoms with Crippen LogP contribution in [-0.2, 0) is 0 Å². The first-order chi connectivity index (χ1) is 9.02. The lowest BCUT2D eigenvalue weighted by atomic mass is 9.76. The second kappa shape index (κ2) is 5.92. The van der Waals surface area contributed by atoms with Gasteiger partial charge in [-0.15, -0.1) is 0 Å². The van der Waals surface area contributed by atoms with Crippen molar-refractivity contribution in [3.8, 4) is 0 Å². The van der Waals surface area contributed by atoms with Crippen LogP contribution in [0, 0.1) is 29.3 Å². The summed E-state index contributed by atoms with van der Waals surface area (Å²) in [7, 11) is 0. The van der Waals surface area contributed by atoms with Crippen molar-refractivity contribution >= 4 is 0 Å². The molecule has 106 valence electrons. The normalized spacial score (nSPS) is 25.3. The van der Waals surface area contributed by atoms with Crippen molar-refractivity contribution < 1.29 is 13.2 Å².